The van der Waals surface area contributed by atoms with E-state index in [1.54, 1.807) is 10.8 Å². The number of allylic oxidation sites excluding steroid dienone is 1. The first-order valence-electron chi connectivity index (χ1n) is 7.16. The number of hydroxylamine groups is 3. The van der Waals surface area contributed by atoms with E-state index in [1.165, 1.54) is 26.2 Å². The molecule has 140 valence electrons. The molecule has 0 radical (unpaired) electrons. The number of aromatic carboxylic acids is 1. The van der Waals surface area contributed by atoms with Crippen molar-refractivity contribution in [1.82, 2.24) is 15.1 Å². The molecule has 1 aliphatic rings. The summed E-state index contributed by atoms with van der Waals surface area (Å²) in [4.78, 5) is 27.6. The molecule has 26 heavy (non-hydrogen) atoms. The summed E-state index contributed by atoms with van der Waals surface area (Å²) in [5.41, 5.74) is -0.228. The summed E-state index contributed by atoms with van der Waals surface area (Å²) in [7, 11) is -3.23. The molecule has 0 aromatic heterocycles. The molecule has 12 heteroatoms. The van der Waals surface area contributed by atoms with Crippen molar-refractivity contribution in [3.05, 3.63) is 46.8 Å². The smallest absolute Gasteiger partial charge is 0.393 e. The summed E-state index contributed by atoms with van der Waals surface area (Å²) in [6.45, 7) is 1.66. The van der Waals surface area contributed by atoms with Gasteiger partial charge in [-0.25, -0.2) is 32.3 Å². The van der Waals surface area contributed by atoms with Crippen molar-refractivity contribution in [2.75, 3.05) is 13.7 Å². The fourth-order valence-electron chi connectivity index (χ4n) is 2.11. The number of carboxylic acids is 1. The van der Waals surface area contributed by atoms with Crippen molar-refractivity contribution >= 4 is 28.0 Å². The standard InChI is InChI=1S/C14H16N4O7S/c1-9-7-8-17(25-2)14(18(9)22)15-13(21)16-26(23,24)11-6-4-3-5-10(11)12(19)20/h3-7H,8H2,1-2H3,(H,19,20)(H2,15,16,21). The van der Waals surface area contributed by atoms with E-state index in [9.17, 15) is 23.2 Å². The number of amides is 2. The highest BCUT2D eigenvalue weighted by molar-refractivity contribution is 7.90. The molecule has 0 spiro atoms. The predicted octanol–water partition coefficient (Wildman–Crippen LogP) is 0.0198. The van der Waals surface area contributed by atoms with Crippen LogP contribution < -0.4 is 10.0 Å². The molecule has 0 aliphatic carbocycles. The van der Waals surface area contributed by atoms with Gasteiger partial charge in [0, 0.05) is 0 Å². The van der Waals surface area contributed by atoms with E-state index in [0.29, 0.717) is 4.74 Å². The lowest BCUT2D eigenvalue weighted by Crippen LogP contribution is -2.53. The predicted molar refractivity (Wildman–Crippen MR) is 88.4 cm³/mol. The van der Waals surface area contributed by atoms with E-state index in [4.69, 9.17) is 9.94 Å². The third-order valence-electron chi connectivity index (χ3n) is 3.38. The Morgan fingerprint density at radius 2 is 2.00 bits per heavy atom. The monoisotopic (exact) mass is 384 g/mol. The van der Waals surface area contributed by atoms with Gasteiger partial charge in [0.1, 0.15) is 11.4 Å². The average Bonchev–Trinajstić information content (AvgIpc) is 2.58. The van der Waals surface area contributed by atoms with Gasteiger partial charge < -0.3 is 10.3 Å². The highest BCUT2D eigenvalue weighted by atomic mass is 32.2. The molecule has 2 rings (SSSR count). The number of urea groups is 1. The van der Waals surface area contributed by atoms with Gasteiger partial charge in [0.05, 0.1) is 18.4 Å². The molecule has 11 nitrogen and oxygen atoms in total. The molecule has 1 aromatic carbocycles. The minimum absolute atomic E-state index is 0.158. The number of nitrogens with one attached hydrogen (secondary N) is 2. The molecule has 0 bridgehead atoms. The lowest BCUT2D eigenvalue weighted by atomic mass is 10.2. The molecular weight excluding hydrogens is 368 g/mol. The van der Waals surface area contributed by atoms with Crippen molar-refractivity contribution in [2.45, 2.75) is 11.8 Å². The molecule has 0 unspecified atom stereocenters. The van der Waals surface area contributed by atoms with Crippen molar-refractivity contribution in [1.29, 1.82) is 0 Å². The number of guanidine groups is 1. The van der Waals surface area contributed by atoms with Crippen LogP contribution in [0.1, 0.15) is 17.3 Å². The van der Waals surface area contributed by atoms with Gasteiger partial charge in [-0.2, -0.15) is 5.32 Å². The van der Waals surface area contributed by atoms with Crippen LogP contribution in [0.15, 0.2) is 40.9 Å². The minimum atomic E-state index is -4.49. The molecular formula is C14H16N4O7S. The van der Waals surface area contributed by atoms with Crippen LogP contribution in [0.2, 0.25) is 0 Å². The molecule has 2 amide bonds. The number of hydrogen-bond donors (Lipinski definition) is 3. The summed E-state index contributed by atoms with van der Waals surface area (Å²) in [6, 6.07) is 3.54. The van der Waals surface area contributed by atoms with E-state index in [2.05, 4.69) is 5.32 Å². The Hall–Kier alpha value is -3.12. The van der Waals surface area contributed by atoms with E-state index in [-0.39, 0.29) is 18.2 Å². The van der Waals surface area contributed by atoms with Gasteiger partial charge >= 0.3 is 18.0 Å². The van der Waals surface area contributed by atoms with Gasteiger partial charge in [0.2, 0.25) is 0 Å². The summed E-state index contributed by atoms with van der Waals surface area (Å²) in [6.07, 6.45) is 1.54. The zero-order chi connectivity index (χ0) is 19.5. The Balaban J connectivity index is 2.26. The normalized spacial score (nSPS) is 14.7. The molecule has 1 heterocycles. The van der Waals surface area contributed by atoms with Crippen LogP contribution >= 0.6 is 0 Å². The molecule has 0 atom stereocenters. The number of rotatable bonds is 4. The quantitative estimate of drug-likeness (QED) is 0.485. The fourth-order valence-corrected chi connectivity index (χ4v) is 3.22. The SMILES string of the molecule is CON1CC=C(C)[N+]([O-])=C1NC(=O)NS(=O)(=O)c1ccccc1C(=O)O. The summed E-state index contributed by atoms with van der Waals surface area (Å²) >= 11 is 0. The van der Waals surface area contributed by atoms with Crippen LogP contribution in [0.25, 0.3) is 0 Å². The molecule has 0 saturated heterocycles. The second-order valence-corrected chi connectivity index (χ2v) is 6.72. The third-order valence-corrected chi connectivity index (χ3v) is 4.77. The van der Waals surface area contributed by atoms with Gasteiger partial charge in [-0.3, -0.25) is 0 Å². The summed E-state index contributed by atoms with van der Waals surface area (Å²) in [5.74, 6) is -1.81. The lowest BCUT2D eigenvalue weighted by molar-refractivity contribution is -0.421. The molecule has 1 aromatic rings. The second-order valence-electron chi connectivity index (χ2n) is 5.07. The highest BCUT2D eigenvalue weighted by Crippen LogP contribution is 2.15. The van der Waals surface area contributed by atoms with Crippen LogP contribution in [-0.2, 0) is 14.9 Å². The highest BCUT2D eigenvalue weighted by Gasteiger charge is 2.30. The van der Waals surface area contributed by atoms with Crippen LogP contribution in [0.5, 0.6) is 0 Å². The third kappa shape index (κ3) is 3.92. The van der Waals surface area contributed by atoms with Crippen LogP contribution in [0, 0.1) is 5.21 Å². The molecule has 0 saturated carbocycles. The zero-order valence-electron chi connectivity index (χ0n) is 13.8. The zero-order valence-corrected chi connectivity index (χ0v) is 14.6. The van der Waals surface area contributed by atoms with Gasteiger partial charge in [0.15, 0.2) is 0 Å². The van der Waals surface area contributed by atoms with E-state index < -0.39 is 32.5 Å². The number of hydrogen-bond acceptors (Lipinski definition) is 7. The number of sulfonamides is 1. The number of carbonyl (C=O) groups excluding carboxylic acids is 1. The Bertz CT molecular complexity index is 908. The molecule has 3 N–H and O–H groups in total. The van der Waals surface area contributed by atoms with Crippen LogP contribution in [0.3, 0.4) is 0 Å². The van der Waals surface area contributed by atoms with E-state index in [1.807, 2.05) is 0 Å². The average molecular weight is 384 g/mol. The Morgan fingerprint density at radius 1 is 1.35 bits per heavy atom. The van der Waals surface area contributed by atoms with Gasteiger partial charge in [-0.15, -0.1) is 5.06 Å². The molecule has 0 fully saturated rings. The first kappa shape index (κ1) is 19.2. The van der Waals surface area contributed by atoms with Crippen molar-refractivity contribution in [3.63, 3.8) is 0 Å². The maximum Gasteiger partial charge on any atom is 0.393 e. The minimum Gasteiger partial charge on any atom is -0.740 e. The maximum atomic E-state index is 12.3. The Labute approximate surface area is 148 Å². The van der Waals surface area contributed by atoms with Crippen molar-refractivity contribution in [2.24, 2.45) is 0 Å². The second kappa shape index (κ2) is 7.41. The van der Waals surface area contributed by atoms with E-state index >= 15 is 0 Å². The van der Waals surface area contributed by atoms with Gasteiger partial charge in [-0.1, -0.05) is 12.1 Å². The van der Waals surface area contributed by atoms with Crippen LogP contribution in [-0.4, -0.2) is 54.9 Å². The summed E-state index contributed by atoms with van der Waals surface area (Å²) < 4.78 is 26.6. The maximum absolute atomic E-state index is 12.3. The number of carbonyl (C=O) groups is 2. The first-order valence-corrected chi connectivity index (χ1v) is 8.64. The Kier molecular flexibility index (Phi) is 5.47. The lowest BCUT2D eigenvalue weighted by Gasteiger charge is -2.25. The van der Waals surface area contributed by atoms with Crippen molar-refractivity contribution < 1.29 is 32.7 Å². The topological polar surface area (TPSA) is 151 Å². The van der Waals surface area contributed by atoms with Crippen LogP contribution in [0.4, 0.5) is 4.79 Å². The largest absolute Gasteiger partial charge is 0.740 e. The van der Waals surface area contributed by atoms with Crippen molar-refractivity contribution in [3.8, 4) is 0 Å². The van der Waals surface area contributed by atoms with E-state index in [0.717, 1.165) is 17.2 Å². The number of nitrogens with zero attached hydrogens (tertiary/aromatic N) is 2. The number of carboxylic acid groups (broad SMARTS) is 1. The van der Waals surface area contributed by atoms with Gasteiger partial charge in [-0.05, 0) is 25.1 Å². The first-order chi connectivity index (χ1) is 12.2. The summed E-state index contributed by atoms with van der Waals surface area (Å²) in [5, 5.41) is 24.2. The van der Waals surface area contributed by atoms with Gasteiger partial charge in [0.25, 0.3) is 10.0 Å². The fraction of sp³-hybridized carbons (Fsp3) is 0.214. The Morgan fingerprint density at radius 3 is 2.62 bits per heavy atom. The number of benzene rings is 1. The molecule has 1 aliphatic heterocycles.